The van der Waals surface area contributed by atoms with Crippen LogP contribution < -0.4 is 5.73 Å². The Kier molecular flexibility index (Phi) is 3.41. The Bertz CT molecular complexity index is 258. The molecule has 1 heterocycles. The fourth-order valence-corrected chi connectivity index (χ4v) is 1.16. The predicted molar refractivity (Wildman–Crippen MR) is 47.9 cm³/mol. The first-order valence-corrected chi connectivity index (χ1v) is 3.98. The standard InChI is InChI=1S/C8H15N3O2/c1-11-5-6(4-10-11)7(9)8(12-2)13-3/h4-5,7-8H,9H2,1-3H3. The molecule has 5 heteroatoms. The number of nitrogens with two attached hydrogens (primary N) is 1. The van der Waals surface area contributed by atoms with Gasteiger partial charge in [-0.05, 0) is 0 Å². The lowest BCUT2D eigenvalue weighted by molar-refractivity contribution is -0.117. The van der Waals surface area contributed by atoms with E-state index in [2.05, 4.69) is 5.10 Å². The van der Waals surface area contributed by atoms with E-state index in [1.165, 1.54) is 0 Å². The average molecular weight is 185 g/mol. The molecule has 0 aliphatic rings. The highest BCUT2D eigenvalue weighted by molar-refractivity contribution is 5.10. The SMILES string of the molecule is COC(OC)C(N)c1cnn(C)c1. The molecule has 2 N–H and O–H groups in total. The van der Waals surface area contributed by atoms with Crippen LogP contribution in [-0.4, -0.2) is 30.3 Å². The minimum absolute atomic E-state index is 0.302. The summed E-state index contributed by atoms with van der Waals surface area (Å²) in [5.74, 6) is 0. The Morgan fingerprint density at radius 1 is 1.46 bits per heavy atom. The van der Waals surface area contributed by atoms with Crippen molar-refractivity contribution in [2.24, 2.45) is 12.8 Å². The zero-order chi connectivity index (χ0) is 9.84. The van der Waals surface area contributed by atoms with Crippen LogP contribution in [0.3, 0.4) is 0 Å². The zero-order valence-electron chi connectivity index (χ0n) is 8.10. The summed E-state index contributed by atoms with van der Waals surface area (Å²) >= 11 is 0. The smallest absolute Gasteiger partial charge is 0.176 e. The van der Waals surface area contributed by atoms with Gasteiger partial charge in [0.15, 0.2) is 6.29 Å². The summed E-state index contributed by atoms with van der Waals surface area (Å²) in [7, 11) is 4.96. The van der Waals surface area contributed by atoms with Crippen LogP contribution in [0.5, 0.6) is 0 Å². The van der Waals surface area contributed by atoms with Gasteiger partial charge in [0.2, 0.25) is 0 Å². The second-order valence-electron chi connectivity index (χ2n) is 2.81. The minimum atomic E-state index is -0.427. The number of hydrogen-bond acceptors (Lipinski definition) is 4. The van der Waals surface area contributed by atoms with E-state index in [4.69, 9.17) is 15.2 Å². The quantitative estimate of drug-likeness (QED) is 0.673. The van der Waals surface area contributed by atoms with Crippen molar-refractivity contribution < 1.29 is 9.47 Å². The Morgan fingerprint density at radius 3 is 2.46 bits per heavy atom. The Labute approximate surface area is 77.4 Å². The molecule has 1 unspecified atom stereocenters. The fourth-order valence-electron chi connectivity index (χ4n) is 1.16. The Balaban J connectivity index is 2.71. The summed E-state index contributed by atoms with van der Waals surface area (Å²) in [5, 5.41) is 4.01. The molecule has 0 aliphatic carbocycles. The summed E-state index contributed by atoms with van der Waals surface area (Å²) in [6.45, 7) is 0. The molecule has 74 valence electrons. The van der Waals surface area contributed by atoms with Crippen molar-refractivity contribution >= 4 is 0 Å². The zero-order valence-corrected chi connectivity index (χ0v) is 8.10. The number of aryl methyl sites for hydroxylation is 1. The lowest BCUT2D eigenvalue weighted by atomic mass is 10.2. The summed E-state index contributed by atoms with van der Waals surface area (Å²) < 4.78 is 11.8. The third-order valence-electron chi connectivity index (χ3n) is 1.87. The lowest BCUT2D eigenvalue weighted by Gasteiger charge is -2.19. The average Bonchev–Trinajstić information content (AvgIpc) is 2.54. The molecule has 13 heavy (non-hydrogen) atoms. The van der Waals surface area contributed by atoms with Crippen LogP contribution in [0.2, 0.25) is 0 Å². The van der Waals surface area contributed by atoms with Crippen LogP contribution in [0, 0.1) is 0 Å². The van der Waals surface area contributed by atoms with Crippen molar-refractivity contribution in [3.63, 3.8) is 0 Å². The number of ether oxygens (including phenoxy) is 2. The van der Waals surface area contributed by atoms with E-state index < -0.39 is 6.29 Å². The largest absolute Gasteiger partial charge is 0.354 e. The number of aromatic nitrogens is 2. The van der Waals surface area contributed by atoms with Gasteiger partial charge in [-0.15, -0.1) is 0 Å². The molecule has 1 atom stereocenters. The van der Waals surface area contributed by atoms with Gasteiger partial charge in [0, 0.05) is 33.0 Å². The van der Waals surface area contributed by atoms with E-state index in [0.717, 1.165) is 5.56 Å². The fraction of sp³-hybridized carbons (Fsp3) is 0.625. The summed E-state index contributed by atoms with van der Waals surface area (Å²) in [5.41, 5.74) is 6.77. The topological polar surface area (TPSA) is 62.3 Å². The van der Waals surface area contributed by atoms with E-state index in [1.54, 1.807) is 25.1 Å². The maximum atomic E-state index is 5.87. The molecule has 5 nitrogen and oxygen atoms in total. The molecule has 0 saturated carbocycles. The first kappa shape index (κ1) is 10.2. The van der Waals surface area contributed by atoms with Crippen LogP contribution in [0.25, 0.3) is 0 Å². The molecule has 0 aliphatic heterocycles. The molecule has 1 aromatic rings. The van der Waals surface area contributed by atoms with Crippen molar-refractivity contribution in [1.29, 1.82) is 0 Å². The lowest BCUT2D eigenvalue weighted by Crippen LogP contribution is -2.29. The number of hydrogen-bond donors (Lipinski definition) is 1. The van der Waals surface area contributed by atoms with Gasteiger partial charge in [-0.3, -0.25) is 4.68 Å². The minimum Gasteiger partial charge on any atom is -0.354 e. The molecule has 0 saturated heterocycles. The normalized spacial score (nSPS) is 13.6. The molecule has 0 fully saturated rings. The molecule has 1 rings (SSSR count). The van der Waals surface area contributed by atoms with Gasteiger partial charge < -0.3 is 15.2 Å². The molecule has 0 amide bonds. The van der Waals surface area contributed by atoms with Gasteiger partial charge in [-0.25, -0.2) is 0 Å². The van der Waals surface area contributed by atoms with E-state index in [1.807, 2.05) is 13.2 Å². The van der Waals surface area contributed by atoms with Crippen LogP contribution in [0.4, 0.5) is 0 Å². The van der Waals surface area contributed by atoms with Gasteiger partial charge in [-0.1, -0.05) is 0 Å². The van der Waals surface area contributed by atoms with Gasteiger partial charge in [-0.2, -0.15) is 5.10 Å². The van der Waals surface area contributed by atoms with Crippen molar-refractivity contribution in [2.75, 3.05) is 14.2 Å². The van der Waals surface area contributed by atoms with Crippen molar-refractivity contribution in [1.82, 2.24) is 9.78 Å². The van der Waals surface area contributed by atoms with E-state index in [-0.39, 0.29) is 6.04 Å². The van der Waals surface area contributed by atoms with E-state index in [0.29, 0.717) is 0 Å². The van der Waals surface area contributed by atoms with Gasteiger partial charge in [0.05, 0.1) is 12.2 Å². The van der Waals surface area contributed by atoms with Crippen molar-refractivity contribution in [3.8, 4) is 0 Å². The summed E-state index contributed by atoms with van der Waals surface area (Å²) in [6, 6.07) is -0.302. The predicted octanol–water partition coefficient (Wildman–Crippen LogP) is 0.0388. The van der Waals surface area contributed by atoms with E-state index >= 15 is 0 Å². The van der Waals surface area contributed by atoms with Crippen LogP contribution in [0.15, 0.2) is 12.4 Å². The highest BCUT2D eigenvalue weighted by Gasteiger charge is 2.19. The molecule has 0 aromatic carbocycles. The third-order valence-corrected chi connectivity index (χ3v) is 1.87. The molecule has 0 bridgehead atoms. The van der Waals surface area contributed by atoms with Crippen molar-refractivity contribution in [3.05, 3.63) is 18.0 Å². The number of methoxy groups -OCH3 is 2. The summed E-state index contributed by atoms with van der Waals surface area (Å²) in [4.78, 5) is 0. The second-order valence-corrected chi connectivity index (χ2v) is 2.81. The monoisotopic (exact) mass is 185 g/mol. The molecule has 0 spiro atoms. The Morgan fingerprint density at radius 2 is 2.08 bits per heavy atom. The van der Waals surface area contributed by atoms with Crippen LogP contribution in [0.1, 0.15) is 11.6 Å². The molecule has 0 radical (unpaired) electrons. The van der Waals surface area contributed by atoms with Gasteiger partial charge in [0.1, 0.15) is 0 Å². The second kappa shape index (κ2) is 4.36. The molecular weight excluding hydrogens is 170 g/mol. The van der Waals surface area contributed by atoms with Crippen LogP contribution in [-0.2, 0) is 16.5 Å². The van der Waals surface area contributed by atoms with Crippen molar-refractivity contribution in [2.45, 2.75) is 12.3 Å². The highest BCUT2D eigenvalue weighted by atomic mass is 16.7. The van der Waals surface area contributed by atoms with E-state index in [9.17, 15) is 0 Å². The maximum absolute atomic E-state index is 5.87. The van der Waals surface area contributed by atoms with Gasteiger partial charge in [0.25, 0.3) is 0 Å². The van der Waals surface area contributed by atoms with Crippen LogP contribution >= 0.6 is 0 Å². The third kappa shape index (κ3) is 2.27. The summed E-state index contributed by atoms with van der Waals surface area (Å²) in [6.07, 6.45) is 3.12. The first-order chi connectivity index (χ1) is 6.19. The molecular formula is C8H15N3O2. The number of rotatable bonds is 4. The van der Waals surface area contributed by atoms with Gasteiger partial charge >= 0.3 is 0 Å². The Hall–Kier alpha value is -0.910. The first-order valence-electron chi connectivity index (χ1n) is 3.98. The maximum Gasteiger partial charge on any atom is 0.176 e. The number of nitrogens with zero attached hydrogens (tertiary/aromatic N) is 2. The highest BCUT2D eigenvalue weighted by Crippen LogP contribution is 2.15. The molecule has 1 aromatic heterocycles.